The van der Waals surface area contributed by atoms with Gasteiger partial charge < -0.3 is 15.4 Å². The fourth-order valence-electron chi connectivity index (χ4n) is 1.86. The maximum atomic E-state index is 12.2. The summed E-state index contributed by atoms with van der Waals surface area (Å²) >= 11 is 4.85. The van der Waals surface area contributed by atoms with E-state index in [-0.39, 0.29) is 11.8 Å². The summed E-state index contributed by atoms with van der Waals surface area (Å²) in [4.78, 5) is 14.5. The second-order valence-corrected chi connectivity index (χ2v) is 5.18. The molecular weight excluding hydrogens is 236 g/mol. The third kappa shape index (κ3) is 5.00. The van der Waals surface area contributed by atoms with Gasteiger partial charge in [0, 0.05) is 32.5 Å². The number of nitrogens with zero attached hydrogens (tertiary/aromatic N) is 1. The highest BCUT2D eigenvalue weighted by atomic mass is 32.1. The van der Waals surface area contributed by atoms with Crippen LogP contribution in [0.5, 0.6) is 0 Å². The predicted molar refractivity (Wildman–Crippen MR) is 71.7 cm³/mol. The SMILES string of the molecule is COCCN(CCC(N)=S)C(=O)C(C)C1CC1. The van der Waals surface area contributed by atoms with Crippen LogP contribution < -0.4 is 5.73 Å². The number of amides is 1. The van der Waals surface area contributed by atoms with E-state index in [9.17, 15) is 4.79 Å². The molecule has 0 radical (unpaired) electrons. The summed E-state index contributed by atoms with van der Waals surface area (Å²) in [6, 6.07) is 0. The lowest BCUT2D eigenvalue weighted by Gasteiger charge is -2.25. The first-order chi connectivity index (χ1) is 8.06. The Morgan fingerprint density at radius 3 is 2.65 bits per heavy atom. The average Bonchev–Trinajstić information content (AvgIpc) is 3.11. The van der Waals surface area contributed by atoms with Crippen molar-refractivity contribution in [2.45, 2.75) is 26.2 Å². The van der Waals surface area contributed by atoms with Gasteiger partial charge >= 0.3 is 0 Å². The second-order valence-electron chi connectivity index (χ2n) is 4.66. The molecule has 0 heterocycles. The lowest BCUT2D eigenvalue weighted by molar-refractivity contribution is -0.136. The van der Waals surface area contributed by atoms with Crippen molar-refractivity contribution in [1.82, 2.24) is 4.90 Å². The number of methoxy groups -OCH3 is 1. The standard InChI is InChI=1S/C12H22N2O2S/c1-9(10-3-4-10)12(15)14(7-8-16-2)6-5-11(13)17/h9-10H,3-8H2,1-2H3,(H2,13,17). The van der Waals surface area contributed by atoms with Crippen LogP contribution in [0.25, 0.3) is 0 Å². The van der Waals surface area contributed by atoms with E-state index in [1.165, 1.54) is 12.8 Å². The van der Waals surface area contributed by atoms with Gasteiger partial charge in [-0.1, -0.05) is 19.1 Å². The maximum absolute atomic E-state index is 12.2. The van der Waals surface area contributed by atoms with Gasteiger partial charge in [-0.05, 0) is 18.8 Å². The third-order valence-corrected chi connectivity index (χ3v) is 3.43. The first-order valence-corrected chi connectivity index (χ1v) is 6.53. The summed E-state index contributed by atoms with van der Waals surface area (Å²) in [6.07, 6.45) is 2.95. The smallest absolute Gasteiger partial charge is 0.225 e. The summed E-state index contributed by atoms with van der Waals surface area (Å²) in [7, 11) is 1.64. The monoisotopic (exact) mass is 258 g/mol. The summed E-state index contributed by atoms with van der Waals surface area (Å²) in [5, 5.41) is 0. The molecule has 0 spiro atoms. The predicted octanol–water partition coefficient (Wildman–Crippen LogP) is 1.18. The van der Waals surface area contributed by atoms with Gasteiger partial charge in [0.2, 0.25) is 5.91 Å². The van der Waals surface area contributed by atoms with E-state index in [4.69, 9.17) is 22.7 Å². The van der Waals surface area contributed by atoms with Crippen LogP contribution in [0.1, 0.15) is 26.2 Å². The first kappa shape index (κ1) is 14.4. The molecule has 4 nitrogen and oxygen atoms in total. The van der Waals surface area contributed by atoms with Crippen molar-refractivity contribution in [2.75, 3.05) is 26.8 Å². The van der Waals surface area contributed by atoms with Crippen LogP contribution in [0.15, 0.2) is 0 Å². The molecule has 1 fully saturated rings. The lowest BCUT2D eigenvalue weighted by atomic mass is 10.0. The van der Waals surface area contributed by atoms with Crippen LogP contribution in [0.3, 0.4) is 0 Å². The Bertz CT molecular complexity index is 280. The molecule has 0 saturated heterocycles. The zero-order valence-electron chi connectivity index (χ0n) is 10.6. The average molecular weight is 258 g/mol. The van der Waals surface area contributed by atoms with E-state index in [2.05, 4.69) is 0 Å². The largest absolute Gasteiger partial charge is 0.393 e. The van der Waals surface area contributed by atoms with Crippen molar-refractivity contribution in [3.8, 4) is 0 Å². The number of hydrogen-bond acceptors (Lipinski definition) is 3. The molecule has 0 bridgehead atoms. The Morgan fingerprint density at radius 2 is 2.18 bits per heavy atom. The first-order valence-electron chi connectivity index (χ1n) is 6.12. The molecule has 5 heteroatoms. The number of hydrogen-bond donors (Lipinski definition) is 1. The Kier molecular flexibility index (Phi) is 5.85. The van der Waals surface area contributed by atoms with E-state index < -0.39 is 0 Å². The van der Waals surface area contributed by atoms with Gasteiger partial charge in [0.25, 0.3) is 0 Å². The molecule has 0 aromatic carbocycles. The Balaban J connectivity index is 2.47. The molecule has 1 saturated carbocycles. The van der Waals surface area contributed by atoms with E-state index >= 15 is 0 Å². The van der Waals surface area contributed by atoms with Gasteiger partial charge in [-0.25, -0.2) is 0 Å². The van der Waals surface area contributed by atoms with Crippen LogP contribution in [0, 0.1) is 11.8 Å². The molecule has 2 N–H and O–H groups in total. The number of ether oxygens (including phenoxy) is 1. The van der Waals surface area contributed by atoms with Crippen molar-refractivity contribution in [1.29, 1.82) is 0 Å². The normalized spacial score (nSPS) is 16.6. The second kappa shape index (κ2) is 6.91. The summed E-state index contributed by atoms with van der Waals surface area (Å²) in [6.45, 7) is 3.80. The molecular formula is C12H22N2O2S. The molecule has 1 rings (SSSR count). The van der Waals surface area contributed by atoms with Crippen LogP contribution in [0.2, 0.25) is 0 Å². The van der Waals surface area contributed by atoms with Crippen molar-refractivity contribution in [3.05, 3.63) is 0 Å². The van der Waals surface area contributed by atoms with Crippen LogP contribution in [-0.2, 0) is 9.53 Å². The minimum atomic E-state index is 0.123. The lowest BCUT2D eigenvalue weighted by Crippen LogP contribution is -2.39. The van der Waals surface area contributed by atoms with Crippen LogP contribution in [-0.4, -0.2) is 42.6 Å². The van der Waals surface area contributed by atoms with Gasteiger partial charge in [0.15, 0.2) is 0 Å². The molecule has 0 aliphatic heterocycles. The van der Waals surface area contributed by atoms with Crippen molar-refractivity contribution in [3.63, 3.8) is 0 Å². The number of carbonyl (C=O) groups excluding carboxylic acids is 1. The summed E-state index contributed by atoms with van der Waals surface area (Å²) < 4.78 is 5.03. The minimum Gasteiger partial charge on any atom is -0.393 e. The number of nitrogens with two attached hydrogens (primary N) is 1. The van der Waals surface area contributed by atoms with Crippen molar-refractivity contribution < 1.29 is 9.53 Å². The number of rotatable bonds is 8. The molecule has 0 aromatic rings. The van der Waals surface area contributed by atoms with Gasteiger partial charge in [-0.3, -0.25) is 4.79 Å². The molecule has 0 aromatic heterocycles. The summed E-state index contributed by atoms with van der Waals surface area (Å²) in [5.41, 5.74) is 5.48. The Labute approximate surface area is 108 Å². The molecule has 1 atom stereocenters. The Hall–Kier alpha value is -0.680. The van der Waals surface area contributed by atoms with Gasteiger partial charge in [-0.2, -0.15) is 0 Å². The Morgan fingerprint density at radius 1 is 1.53 bits per heavy atom. The fraction of sp³-hybridized carbons (Fsp3) is 0.833. The fourth-order valence-corrected chi connectivity index (χ4v) is 1.96. The van der Waals surface area contributed by atoms with Crippen LogP contribution in [0.4, 0.5) is 0 Å². The topological polar surface area (TPSA) is 55.6 Å². The molecule has 17 heavy (non-hydrogen) atoms. The van der Waals surface area contributed by atoms with Crippen molar-refractivity contribution in [2.24, 2.45) is 17.6 Å². The molecule has 1 aliphatic rings. The van der Waals surface area contributed by atoms with E-state index in [0.29, 0.717) is 37.0 Å². The molecule has 1 unspecified atom stereocenters. The molecule has 98 valence electrons. The molecule has 1 aliphatic carbocycles. The van der Waals surface area contributed by atoms with E-state index in [1.54, 1.807) is 7.11 Å². The van der Waals surface area contributed by atoms with Gasteiger partial charge in [0.05, 0.1) is 11.6 Å². The van der Waals surface area contributed by atoms with Gasteiger partial charge in [0.1, 0.15) is 0 Å². The zero-order chi connectivity index (χ0) is 12.8. The molecule has 1 amide bonds. The summed E-state index contributed by atoms with van der Waals surface area (Å²) in [5.74, 6) is 0.913. The maximum Gasteiger partial charge on any atom is 0.225 e. The zero-order valence-corrected chi connectivity index (χ0v) is 11.5. The highest BCUT2D eigenvalue weighted by Gasteiger charge is 2.34. The number of carbonyl (C=O) groups is 1. The van der Waals surface area contributed by atoms with E-state index in [0.717, 1.165) is 0 Å². The minimum absolute atomic E-state index is 0.123. The van der Waals surface area contributed by atoms with E-state index in [1.807, 2.05) is 11.8 Å². The third-order valence-electron chi connectivity index (χ3n) is 3.22. The highest BCUT2D eigenvalue weighted by Crippen LogP contribution is 2.37. The number of thiocarbonyl (C=S) groups is 1. The van der Waals surface area contributed by atoms with Crippen LogP contribution >= 0.6 is 12.2 Å². The quantitative estimate of drug-likeness (QED) is 0.664. The van der Waals surface area contributed by atoms with Gasteiger partial charge in [-0.15, -0.1) is 0 Å². The highest BCUT2D eigenvalue weighted by molar-refractivity contribution is 7.80. The van der Waals surface area contributed by atoms with Crippen molar-refractivity contribution >= 4 is 23.1 Å².